The third-order valence-electron chi connectivity index (χ3n) is 7.75. The number of nitriles is 1. The monoisotopic (exact) mass is 566 g/mol. The summed E-state index contributed by atoms with van der Waals surface area (Å²) in [5.41, 5.74) is -0.740. The Kier molecular flexibility index (Phi) is 7.33. The third-order valence-corrected chi connectivity index (χ3v) is 7.75. The zero-order chi connectivity index (χ0) is 28.7. The van der Waals surface area contributed by atoms with Crippen molar-refractivity contribution in [3.63, 3.8) is 0 Å². The number of nitrogens with zero attached hydrogens (tertiary/aromatic N) is 3. The van der Waals surface area contributed by atoms with Crippen LogP contribution < -0.4 is 5.32 Å². The molecule has 8 nitrogen and oxygen atoms in total. The molecule has 2 amide bonds. The smallest absolute Gasteiger partial charge is 0.439 e. The quantitative estimate of drug-likeness (QED) is 0.498. The second-order valence-corrected chi connectivity index (χ2v) is 10.5. The van der Waals surface area contributed by atoms with Crippen LogP contribution in [0.4, 0.5) is 22.0 Å². The van der Waals surface area contributed by atoms with Crippen molar-refractivity contribution in [2.45, 2.75) is 62.1 Å². The Morgan fingerprint density at radius 1 is 1.05 bits per heavy atom. The van der Waals surface area contributed by atoms with E-state index >= 15 is 0 Å². The molecular formula is C27H27F5N4O4. The van der Waals surface area contributed by atoms with Gasteiger partial charge in [0.25, 0.3) is 11.8 Å². The Hall–Kier alpha value is -3.53. The maximum absolute atomic E-state index is 14.4. The minimum Gasteiger partial charge on any atom is -0.439 e. The highest BCUT2D eigenvalue weighted by Crippen LogP contribution is 2.48. The molecule has 1 N–H and O–H groups in total. The first-order valence-corrected chi connectivity index (χ1v) is 13.1. The summed E-state index contributed by atoms with van der Waals surface area (Å²) in [6.45, 7) is 1.60. The predicted octanol–water partition coefficient (Wildman–Crippen LogP) is 4.91. The van der Waals surface area contributed by atoms with Crippen LogP contribution in [0.15, 0.2) is 28.7 Å². The summed E-state index contributed by atoms with van der Waals surface area (Å²) in [7, 11) is 0. The van der Waals surface area contributed by atoms with Crippen molar-refractivity contribution in [2.75, 3.05) is 26.3 Å². The standard InChI is InChI=1S/C27H27F5N4O4/c28-26(29,27(30,31)32)24-34-20(16-5-7-17(8-6-16)23(38)36-11-13-39-14-12-36)21(40-24)18-3-1-2-4-19(18)22(37)35-25(15-33)9-10-25/h5-8,18-19H,1-4,9-14H2,(H,35,37). The summed E-state index contributed by atoms with van der Waals surface area (Å²) in [4.78, 5) is 31.2. The molecule has 0 bridgehead atoms. The van der Waals surface area contributed by atoms with Gasteiger partial charge in [-0.2, -0.15) is 27.2 Å². The number of hydrogen-bond acceptors (Lipinski definition) is 6. The van der Waals surface area contributed by atoms with Crippen LogP contribution in [0.5, 0.6) is 0 Å². The van der Waals surface area contributed by atoms with E-state index in [4.69, 9.17) is 9.15 Å². The molecule has 5 rings (SSSR count). The summed E-state index contributed by atoms with van der Waals surface area (Å²) in [5.74, 6) is -9.79. The lowest BCUT2D eigenvalue weighted by molar-refractivity contribution is -0.297. The minimum absolute atomic E-state index is 0.168. The first-order valence-electron chi connectivity index (χ1n) is 13.1. The van der Waals surface area contributed by atoms with Crippen LogP contribution in [-0.4, -0.2) is 59.7 Å². The SMILES string of the molecule is N#CC1(NC(=O)C2CCCCC2c2oc(C(F)(F)C(F)(F)F)nc2-c2ccc(C(=O)N3CCOCC3)cc2)CC1. The van der Waals surface area contributed by atoms with Crippen molar-refractivity contribution in [3.8, 4) is 17.3 Å². The van der Waals surface area contributed by atoms with Gasteiger partial charge in [-0.05, 0) is 37.8 Å². The fourth-order valence-corrected chi connectivity index (χ4v) is 5.24. The van der Waals surface area contributed by atoms with Gasteiger partial charge in [0, 0.05) is 36.1 Å². The van der Waals surface area contributed by atoms with Gasteiger partial charge in [0.2, 0.25) is 5.91 Å². The van der Waals surface area contributed by atoms with E-state index in [-0.39, 0.29) is 22.9 Å². The van der Waals surface area contributed by atoms with E-state index in [0.29, 0.717) is 70.4 Å². The van der Waals surface area contributed by atoms with Gasteiger partial charge in [-0.25, -0.2) is 4.98 Å². The molecule has 2 aromatic rings. The van der Waals surface area contributed by atoms with Crippen molar-refractivity contribution < 1.29 is 40.7 Å². The van der Waals surface area contributed by atoms with E-state index in [1.165, 1.54) is 24.3 Å². The molecule has 1 aromatic carbocycles. The zero-order valence-electron chi connectivity index (χ0n) is 21.4. The normalized spacial score (nSPS) is 22.9. The lowest BCUT2D eigenvalue weighted by Crippen LogP contribution is -2.42. The van der Waals surface area contributed by atoms with Gasteiger partial charge in [-0.1, -0.05) is 25.0 Å². The number of amides is 2. The number of carbonyl (C=O) groups excluding carboxylic acids is 2. The number of ether oxygens (including phenoxy) is 1. The zero-order valence-corrected chi connectivity index (χ0v) is 21.4. The number of benzene rings is 1. The molecule has 3 fully saturated rings. The molecule has 1 aromatic heterocycles. The maximum Gasteiger partial charge on any atom is 0.463 e. The second-order valence-electron chi connectivity index (χ2n) is 10.5. The molecule has 2 unspecified atom stereocenters. The van der Waals surface area contributed by atoms with Crippen molar-refractivity contribution in [1.29, 1.82) is 5.26 Å². The molecule has 1 saturated heterocycles. The van der Waals surface area contributed by atoms with Crippen LogP contribution in [-0.2, 0) is 15.5 Å². The highest BCUT2D eigenvalue weighted by Gasteiger charge is 2.63. The highest BCUT2D eigenvalue weighted by atomic mass is 19.4. The Morgan fingerprint density at radius 3 is 2.30 bits per heavy atom. The number of alkyl halides is 5. The largest absolute Gasteiger partial charge is 0.463 e. The second kappa shape index (κ2) is 10.5. The van der Waals surface area contributed by atoms with Crippen LogP contribution >= 0.6 is 0 Å². The number of morpholine rings is 1. The van der Waals surface area contributed by atoms with Crippen LogP contribution in [0.1, 0.15) is 66.5 Å². The third kappa shape index (κ3) is 5.29. The molecule has 40 heavy (non-hydrogen) atoms. The molecule has 2 aliphatic carbocycles. The summed E-state index contributed by atoms with van der Waals surface area (Å²) >= 11 is 0. The topological polar surface area (TPSA) is 108 Å². The lowest BCUT2D eigenvalue weighted by atomic mass is 9.76. The molecule has 2 atom stereocenters. The van der Waals surface area contributed by atoms with Gasteiger partial charge in [-0.3, -0.25) is 9.59 Å². The van der Waals surface area contributed by atoms with Crippen molar-refractivity contribution in [2.24, 2.45) is 5.92 Å². The van der Waals surface area contributed by atoms with Gasteiger partial charge in [0.05, 0.1) is 19.3 Å². The van der Waals surface area contributed by atoms with Gasteiger partial charge in [-0.15, -0.1) is 0 Å². The predicted molar refractivity (Wildman–Crippen MR) is 129 cm³/mol. The fourth-order valence-electron chi connectivity index (χ4n) is 5.24. The highest BCUT2D eigenvalue weighted by molar-refractivity contribution is 5.94. The Balaban J connectivity index is 1.51. The molecule has 0 spiro atoms. The number of nitrogens with one attached hydrogen (secondary N) is 1. The molecule has 1 aliphatic heterocycles. The number of halogens is 5. The summed E-state index contributed by atoms with van der Waals surface area (Å²) in [6, 6.07) is 7.78. The van der Waals surface area contributed by atoms with Crippen molar-refractivity contribution >= 4 is 11.8 Å². The minimum atomic E-state index is -5.95. The van der Waals surface area contributed by atoms with E-state index < -0.39 is 41.3 Å². The summed E-state index contributed by atoms with van der Waals surface area (Å²) in [5, 5.41) is 12.1. The average Bonchev–Trinajstić information content (AvgIpc) is 3.58. The molecule has 3 aliphatic rings. The first kappa shape index (κ1) is 28.0. The van der Waals surface area contributed by atoms with Crippen molar-refractivity contribution in [1.82, 2.24) is 15.2 Å². The molecular weight excluding hydrogens is 539 g/mol. The molecule has 0 radical (unpaired) electrons. The Bertz CT molecular complexity index is 1310. The van der Waals surface area contributed by atoms with E-state index in [2.05, 4.69) is 16.4 Å². The molecule has 2 saturated carbocycles. The van der Waals surface area contributed by atoms with Gasteiger partial charge < -0.3 is 19.4 Å². The molecule has 2 heterocycles. The van der Waals surface area contributed by atoms with Crippen molar-refractivity contribution in [3.05, 3.63) is 41.5 Å². The van der Waals surface area contributed by atoms with Crippen LogP contribution in [0.2, 0.25) is 0 Å². The van der Waals surface area contributed by atoms with Gasteiger partial charge >= 0.3 is 12.1 Å². The molecule has 13 heteroatoms. The van der Waals surface area contributed by atoms with Crippen LogP contribution in [0.3, 0.4) is 0 Å². The summed E-state index contributed by atoms with van der Waals surface area (Å²) < 4.78 is 79.0. The number of rotatable bonds is 6. The summed E-state index contributed by atoms with van der Waals surface area (Å²) in [6.07, 6.45) is -3.11. The maximum atomic E-state index is 14.4. The fraction of sp³-hybridized carbons (Fsp3) is 0.556. The molecule has 214 valence electrons. The van der Waals surface area contributed by atoms with Gasteiger partial charge in [0.1, 0.15) is 17.0 Å². The number of oxazole rings is 1. The van der Waals surface area contributed by atoms with E-state index in [0.717, 1.165) is 0 Å². The average molecular weight is 567 g/mol. The van der Waals surface area contributed by atoms with Crippen LogP contribution in [0, 0.1) is 17.2 Å². The number of aromatic nitrogens is 1. The van der Waals surface area contributed by atoms with Gasteiger partial charge in [0.15, 0.2) is 0 Å². The van der Waals surface area contributed by atoms with E-state index in [9.17, 15) is 36.8 Å². The lowest BCUT2D eigenvalue weighted by Gasteiger charge is -2.30. The van der Waals surface area contributed by atoms with E-state index in [1.807, 2.05) is 0 Å². The Morgan fingerprint density at radius 2 is 1.70 bits per heavy atom. The number of carbonyl (C=O) groups is 2. The Labute approximate surface area is 226 Å². The number of hydrogen-bond donors (Lipinski definition) is 1. The van der Waals surface area contributed by atoms with E-state index in [1.54, 1.807) is 4.90 Å². The van der Waals surface area contributed by atoms with Crippen LogP contribution in [0.25, 0.3) is 11.3 Å². The first-order chi connectivity index (χ1) is 19.0.